The van der Waals surface area contributed by atoms with E-state index in [-0.39, 0.29) is 10.5 Å². The number of amides is 1. The van der Waals surface area contributed by atoms with Crippen LogP contribution in [0.3, 0.4) is 0 Å². The largest absolute Gasteiger partial charge is 0.497 e. The highest BCUT2D eigenvalue weighted by Crippen LogP contribution is 2.25. The van der Waals surface area contributed by atoms with E-state index in [1.807, 2.05) is 19.1 Å². The second kappa shape index (κ2) is 11.1. The first-order valence-electron chi connectivity index (χ1n) is 11.0. The molecule has 0 saturated carbocycles. The number of ether oxygens (including phenoxy) is 2. The van der Waals surface area contributed by atoms with Crippen molar-refractivity contribution in [2.45, 2.75) is 31.3 Å². The lowest BCUT2D eigenvalue weighted by molar-refractivity contribution is -0.123. The van der Waals surface area contributed by atoms with Gasteiger partial charge in [0.05, 0.1) is 23.3 Å². The van der Waals surface area contributed by atoms with Gasteiger partial charge in [0.15, 0.2) is 6.10 Å². The predicted octanol–water partition coefficient (Wildman–Crippen LogP) is 4.27. The third kappa shape index (κ3) is 6.19. The van der Waals surface area contributed by atoms with E-state index >= 15 is 0 Å². The fourth-order valence-corrected chi connectivity index (χ4v) is 4.46. The number of carbonyl (C=O) groups is 2. The highest BCUT2D eigenvalue weighted by atomic mass is 32.2. The third-order valence-corrected chi connectivity index (χ3v) is 7.23. The summed E-state index contributed by atoms with van der Waals surface area (Å²) in [6.45, 7) is 3.48. The molecule has 0 saturated heterocycles. The summed E-state index contributed by atoms with van der Waals surface area (Å²) >= 11 is 0. The van der Waals surface area contributed by atoms with Crippen molar-refractivity contribution in [1.29, 1.82) is 0 Å². The van der Waals surface area contributed by atoms with E-state index in [0.29, 0.717) is 17.1 Å². The Morgan fingerprint density at radius 3 is 2.26 bits per heavy atom. The number of hydrogen-bond donors (Lipinski definition) is 1. The molecule has 9 heteroatoms. The smallest absolute Gasteiger partial charge is 0.338 e. The van der Waals surface area contributed by atoms with Gasteiger partial charge in [-0.3, -0.25) is 9.10 Å². The predicted molar refractivity (Wildman–Crippen MR) is 134 cm³/mol. The number of hydrogen-bond acceptors (Lipinski definition) is 6. The molecule has 35 heavy (non-hydrogen) atoms. The molecule has 1 amide bonds. The molecule has 0 bridgehead atoms. The molecule has 0 fully saturated rings. The molecule has 8 nitrogen and oxygen atoms in total. The number of anilines is 2. The summed E-state index contributed by atoms with van der Waals surface area (Å²) in [6, 6.07) is 19.4. The maximum atomic E-state index is 13.1. The minimum Gasteiger partial charge on any atom is -0.497 e. The van der Waals surface area contributed by atoms with Crippen molar-refractivity contribution in [1.82, 2.24) is 0 Å². The Bertz CT molecular complexity index is 1290. The number of rotatable bonds is 9. The molecule has 1 N–H and O–H groups in total. The fraction of sp³-hybridized carbons (Fsp3) is 0.231. The van der Waals surface area contributed by atoms with Gasteiger partial charge in [0, 0.05) is 12.7 Å². The zero-order chi connectivity index (χ0) is 25.6. The Morgan fingerprint density at radius 2 is 1.66 bits per heavy atom. The van der Waals surface area contributed by atoms with Crippen molar-refractivity contribution in [3.05, 3.63) is 83.9 Å². The lowest BCUT2D eigenvalue weighted by Crippen LogP contribution is -2.30. The molecule has 184 valence electrons. The molecule has 0 aliphatic carbocycles. The van der Waals surface area contributed by atoms with Crippen LogP contribution in [0.1, 0.15) is 29.8 Å². The van der Waals surface area contributed by atoms with Gasteiger partial charge in [-0.1, -0.05) is 25.1 Å². The Morgan fingerprint density at radius 1 is 1.00 bits per heavy atom. The van der Waals surface area contributed by atoms with E-state index in [1.165, 1.54) is 45.3 Å². The minimum atomic E-state index is -3.95. The number of sulfonamides is 1. The Balaban J connectivity index is 1.70. The molecule has 0 spiro atoms. The van der Waals surface area contributed by atoms with Gasteiger partial charge in [0.25, 0.3) is 15.9 Å². The number of methoxy groups -OCH3 is 1. The zero-order valence-electron chi connectivity index (χ0n) is 20.0. The van der Waals surface area contributed by atoms with Crippen LogP contribution in [-0.2, 0) is 26.0 Å². The number of carbonyl (C=O) groups excluding carboxylic acids is 2. The quantitative estimate of drug-likeness (QED) is 0.444. The SMILES string of the molecule is CCc1ccc(NC(=O)[C@@H](C)OC(=O)c2cccc(S(=O)(=O)N(C)c3ccc(OC)cc3)c2)cc1. The van der Waals surface area contributed by atoms with E-state index in [2.05, 4.69) is 5.32 Å². The van der Waals surface area contributed by atoms with Crippen LogP contribution in [0.4, 0.5) is 11.4 Å². The van der Waals surface area contributed by atoms with Crippen LogP contribution in [0.25, 0.3) is 0 Å². The second-order valence-electron chi connectivity index (χ2n) is 7.79. The molecule has 3 aromatic carbocycles. The molecule has 0 aromatic heterocycles. The van der Waals surface area contributed by atoms with E-state index in [4.69, 9.17) is 9.47 Å². The minimum absolute atomic E-state index is 0.0150. The molecule has 3 rings (SSSR count). The zero-order valence-corrected chi connectivity index (χ0v) is 20.8. The number of nitrogens with one attached hydrogen (secondary N) is 1. The van der Waals surface area contributed by atoms with Crippen LogP contribution in [0.5, 0.6) is 5.75 Å². The highest BCUT2D eigenvalue weighted by molar-refractivity contribution is 7.92. The van der Waals surface area contributed by atoms with Crippen molar-refractivity contribution < 1.29 is 27.5 Å². The maximum absolute atomic E-state index is 13.1. The second-order valence-corrected chi connectivity index (χ2v) is 9.75. The van der Waals surface area contributed by atoms with Gasteiger partial charge >= 0.3 is 5.97 Å². The van der Waals surface area contributed by atoms with Gasteiger partial charge in [-0.05, 0) is 73.5 Å². The normalized spacial score (nSPS) is 11.9. The van der Waals surface area contributed by atoms with Crippen LogP contribution in [0.2, 0.25) is 0 Å². The molecule has 0 radical (unpaired) electrons. The van der Waals surface area contributed by atoms with Crippen LogP contribution in [0, 0.1) is 0 Å². The lowest BCUT2D eigenvalue weighted by atomic mass is 10.1. The Labute approximate surface area is 205 Å². The average Bonchev–Trinajstić information content (AvgIpc) is 2.88. The first kappa shape index (κ1) is 25.8. The van der Waals surface area contributed by atoms with E-state index < -0.39 is 28.0 Å². The molecule has 1 atom stereocenters. The van der Waals surface area contributed by atoms with E-state index in [1.54, 1.807) is 36.4 Å². The Hall–Kier alpha value is -3.85. The number of aryl methyl sites for hydroxylation is 1. The van der Waals surface area contributed by atoms with Crippen LogP contribution in [-0.4, -0.2) is 40.6 Å². The molecule has 0 heterocycles. The third-order valence-electron chi connectivity index (χ3n) is 5.45. The summed E-state index contributed by atoms with van der Waals surface area (Å²) in [6.07, 6.45) is -0.206. The highest BCUT2D eigenvalue weighted by Gasteiger charge is 2.24. The number of nitrogens with zero attached hydrogens (tertiary/aromatic N) is 1. The number of esters is 1. The first-order valence-corrected chi connectivity index (χ1v) is 12.4. The van der Waals surface area contributed by atoms with Gasteiger partial charge < -0.3 is 14.8 Å². The molecule has 3 aromatic rings. The summed E-state index contributed by atoms with van der Waals surface area (Å²) in [5, 5.41) is 2.70. The van der Waals surface area contributed by atoms with Crippen molar-refractivity contribution in [3.8, 4) is 5.75 Å². The fourth-order valence-electron chi connectivity index (χ4n) is 3.22. The van der Waals surface area contributed by atoms with Gasteiger partial charge in [0.1, 0.15) is 5.75 Å². The summed E-state index contributed by atoms with van der Waals surface area (Å²) in [5.41, 5.74) is 2.16. The molecule has 0 aliphatic rings. The van der Waals surface area contributed by atoms with Gasteiger partial charge in [-0.15, -0.1) is 0 Å². The standard InChI is InChI=1S/C26H28N2O6S/c1-5-19-9-11-21(12-10-19)27-25(29)18(2)34-26(30)20-7-6-8-24(17-20)35(31,32)28(3)22-13-15-23(33-4)16-14-22/h6-18H,5H2,1-4H3,(H,27,29)/t18-/m1/s1. The summed E-state index contributed by atoms with van der Waals surface area (Å²) in [5.74, 6) is -0.704. The molecular formula is C26H28N2O6S. The van der Waals surface area contributed by atoms with Gasteiger partial charge in [-0.25, -0.2) is 13.2 Å². The van der Waals surface area contributed by atoms with Gasteiger partial charge in [-0.2, -0.15) is 0 Å². The van der Waals surface area contributed by atoms with Crippen LogP contribution in [0.15, 0.2) is 77.7 Å². The van der Waals surface area contributed by atoms with Crippen molar-refractivity contribution >= 4 is 33.3 Å². The number of benzene rings is 3. The van der Waals surface area contributed by atoms with Crippen molar-refractivity contribution in [2.24, 2.45) is 0 Å². The molecular weight excluding hydrogens is 468 g/mol. The monoisotopic (exact) mass is 496 g/mol. The van der Waals surface area contributed by atoms with Crippen molar-refractivity contribution in [3.63, 3.8) is 0 Å². The Kier molecular flexibility index (Phi) is 8.14. The lowest BCUT2D eigenvalue weighted by Gasteiger charge is -2.20. The van der Waals surface area contributed by atoms with Crippen LogP contribution >= 0.6 is 0 Å². The summed E-state index contributed by atoms with van der Waals surface area (Å²) in [7, 11) is -1.01. The van der Waals surface area contributed by atoms with Crippen molar-refractivity contribution in [2.75, 3.05) is 23.8 Å². The first-order chi connectivity index (χ1) is 16.6. The molecule has 0 aliphatic heterocycles. The maximum Gasteiger partial charge on any atom is 0.338 e. The van der Waals surface area contributed by atoms with Gasteiger partial charge in [0.2, 0.25) is 0 Å². The van der Waals surface area contributed by atoms with Crippen LogP contribution < -0.4 is 14.4 Å². The summed E-state index contributed by atoms with van der Waals surface area (Å²) < 4.78 is 37.7. The summed E-state index contributed by atoms with van der Waals surface area (Å²) in [4.78, 5) is 25.0. The average molecular weight is 497 g/mol. The van der Waals surface area contributed by atoms with E-state index in [0.717, 1.165) is 16.3 Å². The van der Waals surface area contributed by atoms with E-state index in [9.17, 15) is 18.0 Å². The molecule has 0 unspecified atom stereocenters. The topological polar surface area (TPSA) is 102 Å².